The summed E-state index contributed by atoms with van der Waals surface area (Å²) in [5.74, 6) is -0.492. The van der Waals surface area contributed by atoms with Gasteiger partial charge in [-0.3, -0.25) is 13.8 Å². The Morgan fingerprint density at radius 2 is 0.843 bits per heavy atom. The van der Waals surface area contributed by atoms with Gasteiger partial charge < -0.3 is 39.9 Å². The summed E-state index contributed by atoms with van der Waals surface area (Å²) >= 11 is 0. The van der Waals surface area contributed by atoms with E-state index >= 15 is 0 Å². The van der Waals surface area contributed by atoms with Gasteiger partial charge in [0.1, 0.15) is 42.7 Å². The SMILES string of the molecule is CC/C=C\C/C=C\C/C=C\C/C=C\C/C=C\C/C=C\C/C=C\CCCCOCC(COP(=O)(O)OC1C(O)C(O)C(O)C(O)C1O)OC(=O)CCCCCCCCCCCCCCCCCCCCC. The maximum Gasteiger partial charge on any atom is 0.472 e. The quantitative estimate of drug-likeness (QED) is 0.0147. The maximum atomic E-state index is 12.9. The number of aliphatic hydroxyl groups is 5. The summed E-state index contributed by atoms with van der Waals surface area (Å²) in [4.78, 5) is 23.3. The molecule has 1 aliphatic rings. The lowest BCUT2D eigenvalue weighted by Crippen LogP contribution is -2.64. The van der Waals surface area contributed by atoms with Crippen LogP contribution in [0.25, 0.3) is 0 Å². The number of esters is 1. The number of hydrogen-bond acceptors (Lipinski definition) is 11. The highest BCUT2D eigenvalue weighted by atomic mass is 31.2. The van der Waals surface area contributed by atoms with Crippen molar-refractivity contribution >= 4 is 13.8 Å². The van der Waals surface area contributed by atoms with Crippen LogP contribution >= 0.6 is 7.82 Å². The van der Waals surface area contributed by atoms with Gasteiger partial charge in [-0.25, -0.2) is 4.57 Å². The van der Waals surface area contributed by atoms with Crippen LogP contribution < -0.4 is 0 Å². The first-order chi connectivity index (χ1) is 34.0. The molecule has 0 heterocycles. The number of hydrogen-bond donors (Lipinski definition) is 6. The number of carbonyl (C=O) groups excluding carboxylic acids is 1. The molecule has 404 valence electrons. The number of phosphoric ester groups is 1. The summed E-state index contributed by atoms with van der Waals surface area (Å²) in [6.07, 6.45) is 50.8. The van der Waals surface area contributed by atoms with E-state index in [1.807, 2.05) is 0 Å². The summed E-state index contributed by atoms with van der Waals surface area (Å²) in [6, 6.07) is 0. The average Bonchev–Trinajstić information content (AvgIpc) is 3.35. The molecule has 70 heavy (non-hydrogen) atoms. The van der Waals surface area contributed by atoms with Gasteiger partial charge in [-0.15, -0.1) is 0 Å². The van der Waals surface area contributed by atoms with Crippen LogP contribution in [0.4, 0.5) is 0 Å². The zero-order valence-corrected chi connectivity index (χ0v) is 44.4. The van der Waals surface area contributed by atoms with Crippen LogP contribution in [0.5, 0.6) is 0 Å². The molecule has 12 nitrogen and oxygen atoms in total. The van der Waals surface area contributed by atoms with E-state index in [0.29, 0.717) is 13.0 Å². The topological polar surface area (TPSA) is 192 Å². The van der Waals surface area contributed by atoms with Crippen molar-refractivity contribution in [3.8, 4) is 0 Å². The van der Waals surface area contributed by atoms with E-state index in [0.717, 1.165) is 83.5 Å². The van der Waals surface area contributed by atoms with E-state index in [-0.39, 0.29) is 13.0 Å². The minimum Gasteiger partial charge on any atom is -0.457 e. The second-order valence-electron chi connectivity index (χ2n) is 18.7. The Morgan fingerprint density at radius 3 is 1.26 bits per heavy atom. The number of ether oxygens (including phenoxy) is 2. The monoisotopic (exact) mass is 1010 g/mol. The molecule has 0 aromatic heterocycles. The van der Waals surface area contributed by atoms with Crippen molar-refractivity contribution in [3.63, 3.8) is 0 Å². The van der Waals surface area contributed by atoms with Crippen LogP contribution in [0.3, 0.4) is 0 Å². The van der Waals surface area contributed by atoms with Crippen molar-refractivity contribution < 1.29 is 58.3 Å². The third-order valence-corrected chi connectivity index (χ3v) is 13.3. The van der Waals surface area contributed by atoms with Gasteiger partial charge in [0.05, 0.1) is 13.2 Å². The minimum atomic E-state index is -5.04. The van der Waals surface area contributed by atoms with E-state index in [2.05, 4.69) is 98.9 Å². The Morgan fingerprint density at radius 1 is 0.471 bits per heavy atom. The standard InChI is InChI=1S/C57H99O12P/c1-3-5-7-9-11-13-15-17-19-21-23-24-25-26-27-29-31-33-35-37-39-41-43-45-47-66-48-50(49-67-70(64,65)69-57-55(62)53(60)52(59)54(61)56(57)63)68-51(58)46-44-42-40-38-36-34-32-30-28-22-20-18-16-14-12-10-8-6-4-2/h5,7,11,13,17,19,23-24,26-27,31,33,37,39,50,52-57,59-63H,3-4,6,8-10,12,14-16,18,20-22,25,28-30,32,34-36,38,40-49H2,1-2H3,(H,64,65)/b7-5-,13-11-,19-17-,24-23-,27-26-,33-31-,39-37-. The second kappa shape index (κ2) is 46.3. The first kappa shape index (κ1) is 65.5. The molecule has 1 fully saturated rings. The minimum absolute atomic E-state index is 0.109. The van der Waals surface area contributed by atoms with E-state index in [4.69, 9.17) is 18.5 Å². The summed E-state index contributed by atoms with van der Waals surface area (Å²) in [5.41, 5.74) is 0. The summed E-state index contributed by atoms with van der Waals surface area (Å²) < 4.78 is 34.3. The van der Waals surface area contributed by atoms with Gasteiger partial charge in [-0.1, -0.05) is 214 Å². The third-order valence-electron chi connectivity index (χ3n) is 12.3. The molecular formula is C57H99O12P. The zero-order chi connectivity index (χ0) is 51.2. The predicted molar refractivity (Wildman–Crippen MR) is 285 cm³/mol. The van der Waals surface area contributed by atoms with Crippen LogP contribution in [0, 0.1) is 0 Å². The molecule has 0 bridgehead atoms. The Bertz CT molecular complexity index is 1480. The summed E-state index contributed by atoms with van der Waals surface area (Å²) in [7, 11) is -5.04. The molecule has 0 aliphatic heterocycles. The third kappa shape index (κ3) is 37.3. The van der Waals surface area contributed by atoms with Crippen LogP contribution in [0.2, 0.25) is 0 Å². The summed E-state index contributed by atoms with van der Waals surface area (Å²) in [6.45, 7) is 4.06. The molecule has 1 rings (SSSR count). The van der Waals surface area contributed by atoms with Crippen LogP contribution in [0.15, 0.2) is 85.1 Å². The summed E-state index contributed by atoms with van der Waals surface area (Å²) in [5, 5.41) is 50.4. The lowest BCUT2D eigenvalue weighted by molar-refractivity contribution is -0.220. The Kier molecular flexibility index (Phi) is 43.4. The smallest absolute Gasteiger partial charge is 0.457 e. The lowest BCUT2D eigenvalue weighted by atomic mass is 9.85. The van der Waals surface area contributed by atoms with Gasteiger partial charge in [-0.05, 0) is 70.6 Å². The number of aliphatic hydroxyl groups excluding tert-OH is 5. The molecule has 13 heteroatoms. The number of allylic oxidation sites excluding steroid dienone is 14. The second-order valence-corrected chi connectivity index (χ2v) is 20.1. The van der Waals surface area contributed by atoms with Crippen molar-refractivity contribution in [1.29, 1.82) is 0 Å². The molecule has 1 saturated carbocycles. The fraction of sp³-hybridized carbons (Fsp3) is 0.737. The molecule has 0 radical (unpaired) electrons. The number of rotatable bonds is 46. The van der Waals surface area contributed by atoms with Gasteiger partial charge >= 0.3 is 13.8 Å². The molecule has 1 aliphatic carbocycles. The van der Waals surface area contributed by atoms with Crippen LogP contribution in [-0.4, -0.2) is 98.9 Å². The molecule has 6 atom stereocenters. The van der Waals surface area contributed by atoms with E-state index < -0.39 is 63.1 Å². The van der Waals surface area contributed by atoms with Gasteiger partial charge in [0, 0.05) is 13.0 Å². The Balaban J connectivity index is 2.36. The molecule has 0 aromatic rings. The highest BCUT2D eigenvalue weighted by Crippen LogP contribution is 2.47. The van der Waals surface area contributed by atoms with Gasteiger partial charge in [-0.2, -0.15) is 0 Å². The molecule has 0 amide bonds. The van der Waals surface area contributed by atoms with E-state index in [1.165, 1.54) is 96.3 Å². The highest BCUT2D eigenvalue weighted by Gasteiger charge is 2.51. The number of phosphoric acid groups is 1. The molecule has 6 unspecified atom stereocenters. The number of carbonyl (C=O) groups is 1. The Labute approximate surface area is 424 Å². The molecule has 0 aromatic carbocycles. The molecular weight excluding hydrogens is 908 g/mol. The van der Waals surface area contributed by atoms with Crippen molar-refractivity contribution in [1.82, 2.24) is 0 Å². The van der Waals surface area contributed by atoms with Crippen molar-refractivity contribution in [3.05, 3.63) is 85.1 Å². The predicted octanol–water partition coefficient (Wildman–Crippen LogP) is 12.9. The van der Waals surface area contributed by atoms with Crippen LogP contribution in [-0.2, 0) is 27.9 Å². The first-order valence-corrected chi connectivity index (χ1v) is 28.9. The lowest BCUT2D eigenvalue weighted by Gasteiger charge is -2.41. The maximum absolute atomic E-state index is 12.9. The van der Waals surface area contributed by atoms with E-state index in [9.17, 15) is 39.8 Å². The van der Waals surface area contributed by atoms with Gasteiger partial charge in [0.2, 0.25) is 0 Å². The number of unbranched alkanes of at least 4 members (excludes halogenated alkanes) is 20. The van der Waals surface area contributed by atoms with Gasteiger partial charge in [0.15, 0.2) is 0 Å². The molecule has 6 N–H and O–H groups in total. The fourth-order valence-electron chi connectivity index (χ4n) is 7.98. The van der Waals surface area contributed by atoms with E-state index in [1.54, 1.807) is 0 Å². The van der Waals surface area contributed by atoms with Crippen molar-refractivity contribution in [2.75, 3.05) is 19.8 Å². The Hall–Kier alpha value is -2.48. The van der Waals surface area contributed by atoms with Crippen molar-refractivity contribution in [2.24, 2.45) is 0 Å². The van der Waals surface area contributed by atoms with Crippen molar-refractivity contribution in [2.45, 2.75) is 249 Å². The average molecular weight is 1010 g/mol. The molecule has 0 spiro atoms. The van der Waals surface area contributed by atoms with Gasteiger partial charge in [0.25, 0.3) is 0 Å². The highest BCUT2D eigenvalue weighted by molar-refractivity contribution is 7.47. The largest absolute Gasteiger partial charge is 0.472 e. The zero-order valence-electron chi connectivity index (χ0n) is 43.5. The normalized spacial score (nSPS) is 21.5. The van der Waals surface area contributed by atoms with Crippen LogP contribution in [0.1, 0.15) is 206 Å². The molecule has 0 saturated heterocycles. The fourth-order valence-corrected chi connectivity index (χ4v) is 8.96. The first-order valence-electron chi connectivity index (χ1n) is 27.4.